The van der Waals surface area contributed by atoms with Crippen molar-refractivity contribution in [1.29, 1.82) is 0 Å². The molecule has 0 fully saturated rings. The van der Waals surface area contributed by atoms with Crippen LogP contribution in [0.4, 0.5) is 27.6 Å². The van der Waals surface area contributed by atoms with Gasteiger partial charge in [-0.25, -0.2) is 31.5 Å². The lowest BCUT2D eigenvalue weighted by Crippen LogP contribution is -2.36. The van der Waals surface area contributed by atoms with Crippen molar-refractivity contribution in [2.75, 3.05) is 18.9 Å². The largest absolute Gasteiger partial charge is 0.477 e. The number of carboxylic acid groups (broad SMARTS) is 1. The molecule has 4 heterocycles. The number of fused-ring (bicyclic) bond motifs is 3. The van der Waals surface area contributed by atoms with Gasteiger partial charge in [0.2, 0.25) is 0 Å². The highest BCUT2D eigenvalue weighted by atomic mass is 35.5. The number of aromatic nitrogens is 4. The summed E-state index contributed by atoms with van der Waals surface area (Å²) in [5, 5.41) is 18.8. The third-order valence-electron chi connectivity index (χ3n) is 10.5. The van der Waals surface area contributed by atoms with Gasteiger partial charge in [-0.3, -0.25) is 14.9 Å². The van der Waals surface area contributed by atoms with Gasteiger partial charge in [0, 0.05) is 58.1 Å². The zero-order valence-electron chi connectivity index (χ0n) is 38.8. The fourth-order valence-electron chi connectivity index (χ4n) is 6.69. The number of carbonyl (C=O) groups is 3. The van der Waals surface area contributed by atoms with E-state index in [0.29, 0.717) is 78.8 Å². The fraction of sp³-hybridized carbons (Fsp3) is 0.180. The number of esters is 1. The van der Waals surface area contributed by atoms with Gasteiger partial charge in [0.15, 0.2) is 0 Å². The van der Waals surface area contributed by atoms with E-state index in [2.05, 4.69) is 25.2 Å². The predicted molar refractivity (Wildman–Crippen MR) is 275 cm³/mol. The number of hydrogen-bond donors (Lipinski definition) is 6. The van der Waals surface area contributed by atoms with Crippen LogP contribution in [-0.2, 0) is 35.6 Å². The summed E-state index contributed by atoms with van der Waals surface area (Å²) >= 11 is 28.9. The van der Waals surface area contributed by atoms with E-state index in [1.807, 2.05) is 6.92 Å². The molecule has 0 saturated carbocycles. The van der Waals surface area contributed by atoms with Crippen LogP contribution in [0.15, 0.2) is 96.0 Å². The Morgan fingerprint density at radius 2 is 1.25 bits per heavy atom. The molecule has 3 aromatic heterocycles. The molecule has 1 amide bonds. The van der Waals surface area contributed by atoms with Crippen LogP contribution in [0.1, 0.15) is 62.9 Å². The first-order chi connectivity index (χ1) is 34.6. The molecule has 0 radical (unpaired) electrons. The van der Waals surface area contributed by atoms with Crippen LogP contribution in [0, 0.1) is 36.0 Å². The summed E-state index contributed by atoms with van der Waals surface area (Å²) in [6.07, 6.45) is 0.709. The first-order valence-corrected chi connectivity index (χ1v) is 23.5. The van der Waals surface area contributed by atoms with Crippen LogP contribution in [0.3, 0.4) is 0 Å². The number of amides is 1. The second kappa shape index (κ2) is 26.3. The van der Waals surface area contributed by atoms with Crippen molar-refractivity contribution < 1.29 is 46.2 Å². The smallest absolute Gasteiger partial charge is 0.352 e. The molecule has 13 nitrogen and oxygen atoms in total. The van der Waals surface area contributed by atoms with Gasteiger partial charge in [-0.2, -0.15) is 5.10 Å². The molecule has 0 aliphatic carbocycles. The molecule has 5 aromatic carbocycles. The number of aliphatic imine (C=N–C) groups is 1. The maximum absolute atomic E-state index is 13.9. The number of nitrogens with two attached hydrogens (primary N) is 2. The molecule has 0 saturated heterocycles. The van der Waals surface area contributed by atoms with Crippen molar-refractivity contribution in [3.63, 3.8) is 0 Å². The summed E-state index contributed by atoms with van der Waals surface area (Å²) in [4.78, 5) is 45.6. The maximum Gasteiger partial charge on any atom is 0.352 e. The van der Waals surface area contributed by atoms with Crippen molar-refractivity contribution in [3.05, 3.63) is 185 Å². The molecule has 384 valence electrons. The number of aromatic carboxylic acids is 1. The van der Waals surface area contributed by atoms with Crippen LogP contribution in [-0.4, -0.2) is 66.9 Å². The fourth-order valence-corrected chi connectivity index (χ4v) is 7.60. The van der Waals surface area contributed by atoms with Crippen LogP contribution in [0.5, 0.6) is 0 Å². The van der Waals surface area contributed by atoms with Crippen molar-refractivity contribution >= 4 is 109 Å². The number of carbonyl (C=O) groups excluding carboxylic acids is 2. The Hall–Kier alpha value is -6.67. The van der Waals surface area contributed by atoms with Gasteiger partial charge >= 0.3 is 11.9 Å². The summed E-state index contributed by atoms with van der Waals surface area (Å²) < 4.78 is 69.4. The zero-order valence-corrected chi connectivity index (χ0v) is 42.5. The predicted octanol–water partition coefficient (Wildman–Crippen LogP) is 12.9. The highest BCUT2D eigenvalue weighted by Crippen LogP contribution is 2.29. The standard InChI is InChI=1S/C16H14ClFN4O.C12H13ClFNO2.C9H5ClFNO2.C7H7ClFN.C6H5ClFN/c1-8-10-7-22(5-4-13(10)21-20-8)16(23)14-6-9-11(17)2-3-12(18)15(9)19-14;1-3-17-12(16)8(2)15-7-9-6-10(14)4-5-11(9)13;10-5-1-2-6(11)8-4(5)3-7(12-8)9(13)14;8-7-2-1-6(9)3-5(7)4-10;7-5-2-1-4(8)3-6(5)9/h2-3,6,19H,4-5,7H2,1H3,(H,20,21);4-6H,3,7H2,1-2H3;1-3,12H,(H,13,14);1-3H,4,10H2;1-3H,9H2. The number of hydrogen-bond acceptors (Lipinski definition) is 8. The first-order valence-electron chi connectivity index (χ1n) is 21.6. The van der Waals surface area contributed by atoms with Crippen LogP contribution < -0.4 is 11.5 Å². The molecule has 0 unspecified atom stereocenters. The summed E-state index contributed by atoms with van der Waals surface area (Å²) in [6, 6.07) is 20.3. The number of halogens is 10. The van der Waals surface area contributed by atoms with Gasteiger partial charge in [0.1, 0.15) is 46.2 Å². The molecule has 9 rings (SSSR count). The van der Waals surface area contributed by atoms with E-state index in [0.717, 1.165) is 17.0 Å². The summed E-state index contributed by atoms with van der Waals surface area (Å²) in [7, 11) is 0. The second-order valence-corrected chi connectivity index (χ2v) is 17.6. The first kappa shape index (κ1) is 57.2. The molecule has 8 aromatic rings. The number of nitrogens with zero attached hydrogens (tertiary/aromatic N) is 3. The molecule has 23 heteroatoms. The van der Waals surface area contributed by atoms with Gasteiger partial charge in [0.25, 0.3) is 5.91 Å². The third kappa shape index (κ3) is 15.4. The van der Waals surface area contributed by atoms with Crippen LogP contribution in [0.25, 0.3) is 21.8 Å². The average molecular weight is 1110 g/mol. The van der Waals surface area contributed by atoms with Gasteiger partial charge in [-0.05, 0) is 123 Å². The molecule has 0 spiro atoms. The number of nitrogens with one attached hydrogen (secondary N) is 3. The SMILES string of the molecule is CCOC(=O)C(C)=NCc1cc(F)ccc1Cl.Cc1[nH]nc2c1CN(C(=O)c1cc3c(Cl)ccc(F)c3[nH]1)CC2.NCc1cc(F)ccc1Cl.Nc1cc(F)ccc1Cl.O=C(O)c1cc2c(Cl)ccc(F)c2[nH]1. The molecule has 0 atom stereocenters. The molecule has 73 heavy (non-hydrogen) atoms. The molecule has 1 aliphatic heterocycles. The zero-order chi connectivity index (χ0) is 53.7. The Morgan fingerprint density at radius 3 is 1.75 bits per heavy atom. The maximum atomic E-state index is 13.9. The number of aromatic amines is 3. The quantitative estimate of drug-likeness (QED) is 0.0391. The number of carboxylic acids is 1. The van der Waals surface area contributed by atoms with Crippen molar-refractivity contribution in [2.45, 2.75) is 46.8 Å². The Labute approximate surface area is 439 Å². The normalized spacial score (nSPS) is 11.8. The molecule has 1 aliphatic rings. The topological polar surface area (TPSA) is 209 Å². The number of rotatable bonds is 7. The van der Waals surface area contributed by atoms with E-state index in [1.54, 1.807) is 24.8 Å². The monoisotopic (exact) mass is 1110 g/mol. The molecule has 8 N–H and O–H groups in total. The number of aryl methyl sites for hydroxylation is 1. The highest BCUT2D eigenvalue weighted by Gasteiger charge is 2.26. The van der Waals surface area contributed by atoms with Crippen molar-refractivity contribution in [2.24, 2.45) is 10.7 Å². The Kier molecular flexibility index (Phi) is 20.6. The highest BCUT2D eigenvalue weighted by molar-refractivity contribution is 6.36. The Balaban J connectivity index is 0.000000177. The number of anilines is 1. The lowest BCUT2D eigenvalue weighted by molar-refractivity contribution is -0.135. The van der Waals surface area contributed by atoms with Crippen molar-refractivity contribution in [3.8, 4) is 0 Å². The minimum absolute atomic E-state index is 0.0769. The summed E-state index contributed by atoms with van der Waals surface area (Å²) in [5.74, 6) is -3.76. The van der Waals surface area contributed by atoms with Crippen molar-refractivity contribution in [1.82, 2.24) is 25.1 Å². The van der Waals surface area contributed by atoms with Gasteiger partial charge in [-0.15, -0.1) is 0 Å². The Morgan fingerprint density at radius 1 is 0.740 bits per heavy atom. The van der Waals surface area contributed by atoms with Gasteiger partial charge in [0.05, 0.1) is 50.6 Å². The third-order valence-corrected chi connectivity index (χ3v) is 12.2. The second-order valence-electron chi connectivity index (χ2n) is 15.5. The lowest BCUT2D eigenvalue weighted by atomic mass is 10.1. The number of benzene rings is 5. The summed E-state index contributed by atoms with van der Waals surface area (Å²) in [6.45, 7) is 7.02. The van der Waals surface area contributed by atoms with E-state index in [1.165, 1.54) is 84.9 Å². The van der Waals surface area contributed by atoms with Crippen LogP contribution in [0.2, 0.25) is 25.1 Å². The minimum Gasteiger partial charge on any atom is -0.477 e. The number of nitrogen functional groups attached to an aromatic ring is 1. The van der Waals surface area contributed by atoms with Gasteiger partial charge < -0.3 is 36.2 Å². The summed E-state index contributed by atoms with van der Waals surface area (Å²) in [5.41, 5.74) is 15.9. The van der Waals surface area contributed by atoms with E-state index in [9.17, 15) is 36.3 Å². The van der Waals surface area contributed by atoms with Gasteiger partial charge in [-0.1, -0.05) is 58.0 Å². The molecule has 0 bridgehead atoms. The lowest BCUT2D eigenvalue weighted by Gasteiger charge is -2.26. The number of H-pyrrole nitrogens is 3. The van der Waals surface area contributed by atoms with E-state index in [4.69, 9.17) is 79.3 Å². The van der Waals surface area contributed by atoms with E-state index in [-0.39, 0.29) is 64.6 Å². The molecular formula is C50H44Cl5F5N8O5. The average Bonchev–Trinajstić information content (AvgIpc) is 4.13. The van der Waals surface area contributed by atoms with E-state index >= 15 is 0 Å². The number of ether oxygens (including phenoxy) is 1. The molecular weight excluding hydrogens is 1060 g/mol. The van der Waals surface area contributed by atoms with Crippen LogP contribution >= 0.6 is 58.0 Å². The minimum atomic E-state index is -1.14. The van der Waals surface area contributed by atoms with E-state index < -0.39 is 23.6 Å². The Bertz CT molecular complexity index is 3230.